The highest BCUT2D eigenvalue weighted by Crippen LogP contribution is 2.27. The zero-order valence-corrected chi connectivity index (χ0v) is 16.3. The van der Waals surface area contributed by atoms with Crippen LogP contribution in [0.4, 0.5) is 5.69 Å². The lowest BCUT2D eigenvalue weighted by molar-refractivity contribution is 0.242. The van der Waals surface area contributed by atoms with E-state index in [2.05, 4.69) is 96.1 Å². The van der Waals surface area contributed by atoms with Crippen molar-refractivity contribution >= 4 is 29.1 Å². The second kappa shape index (κ2) is 9.08. The monoisotopic (exact) mass is 365 g/mol. The molecule has 0 saturated carbocycles. The van der Waals surface area contributed by atoms with E-state index in [1.165, 1.54) is 16.3 Å². The van der Waals surface area contributed by atoms with Crippen molar-refractivity contribution in [3.05, 3.63) is 78.4 Å². The zero-order chi connectivity index (χ0) is 18.4. The van der Waals surface area contributed by atoms with Crippen molar-refractivity contribution in [3.8, 4) is 0 Å². The lowest BCUT2D eigenvalue weighted by atomic mass is 10.1. The van der Waals surface area contributed by atoms with Gasteiger partial charge >= 0.3 is 0 Å². The third kappa shape index (κ3) is 4.39. The average molecular weight is 366 g/mol. The van der Waals surface area contributed by atoms with E-state index in [1.54, 1.807) is 0 Å². The molecule has 3 aromatic rings. The summed E-state index contributed by atoms with van der Waals surface area (Å²) in [5.41, 5.74) is 2.27. The molecule has 3 nitrogen and oxygen atoms in total. The molecule has 26 heavy (non-hydrogen) atoms. The summed E-state index contributed by atoms with van der Waals surface area (Å²) in [6.07, 6.45) is -0.0369. The third-order valence-corrected chi connectivity index (χ3v) is 5.17. The Morgan fingerprint density at radius 2 is 1.50 bits per heavy atom. The molecule has 2 unspecified atom stereocenters. The standard InChI is InChI=1S/C22H27N3S/c1-3-25(4-2)22(26)24-21(18-12-6-5-7-13-18)23-20-16-10-14-17-11-8-9-15-19(17)20/h5-16,21-24,26H,3-4H2,1-2H3. The average Bonchev–Trinajstić information content (AvgIpc) is 2.69. The number of hydrogen-bond acceptors (Lipinski definition) is 4. The summed E-state index contributed by atoms with van der Waals surface area (Å²) in [6.45, 7) is 6.22. The molecule has 3 aromatic carbocycles. The molecule has 3 rings (SSSR count). The highest BCUT2D eigenvalue weighted by Gasteiger charge is 2.18. The number of nitrogens with one attached hydrogen (secondary N) is 2. The van der Waals surface area contributed by atoms with Gasteiger partial charge in [-0.15, -0.1) is 12.6 Å². The lowest BCUT2D eigenvalue weighted by Gasteiger charge is -2.32. The van der Waals surface area contributed by atoms with Crippen molar-refractivity contribution in [2.45, 2.75) is 25.5 Å². The maximum atomic E-state index is 4.79. The molecule has 0 fully saturated rings. The topological polar surface area (TPSA) is 27.3 Å². The molecule has 0 heterocycles. The predicted octanol–water partition coefficient (Wildman–Crippen LogP) is 5.10. The van der Waals surface area contributed by atoms with E-state index in [0.29, 0.717) is 0 Å². The maximum absolute atomic E-state index is 4.79. The highest BCUT2D eigenvalue weighted by molar-refractivity contribution is 7.80. The molecule has 2 N–H and O–H groups in total. The van der Waals surface area contributed by atoms with E-state index in [0.717, 1.165) is 18.8 Å². The van der Waals surface area contributed by atoms with Crippen LogP contribution >= 0.6 is 12.6 Å². The van der Waals surface area contributed by atoms with Crippen molar-refractivity contribution in [3.63, 3.8) is 0 Å². The van der Waals surface area contributed by atoms with E-state index < -0.39 is 0 Å². The van der Waals surface area contributed by atoms with Gasteiger partial charge in [0.05, 0.1) is 0 Å². The molecule has 0 aliphatic rings. The minimum atomic E-state index is -0.0369. The van der Waals surface area contributed by atoms with Crippen molar-refractivity contribution in [1.82, 2.24) is 10.2 Å². The fraction of sp³-hybridized carbons (Fsp3) is 0.273. The van der Waals surface area contributed by atoms with Crippen molar-refractivity contribution in [2.24, 2.45) is 0 Å². The van der Waals surface area contributed by atoms with E-state index in [4.69, 9.17) is 12.6 Å². The molecule has 0 aliphatic carbocycles. The molecule has 0 spiro atoms. The Balaban J connectivity index is 1.90. The first-order chi connectivity index (χ1) is 12.7. The summed E-state index contributed by atoms with van der Waals surface area (Å²) < 4.78 is 0. The van der Waals surface area contributed by atoms with Crippen LogP contribution in [0.15, 0.2) is 72.8 Å². The second-order valence-electron chi connectivity index (χ2n) is 6.28. The fourth-order valence-corrected chi connectivity index (χ4v) is 3.67. The Kier molecular flexibility index (Phi) is 6.56. The summed E-state index contributed by atoms with van der Waals surface area (Å²) in [7, 11) is 0. The van der Waals surface area contributed by atoms with Crippen LogP contribution in [0.1, 0.15) is 25.6 Å². The van der Waals surface area contributed by atoms with Crippen LogP contribution < -0.4 is 10.6 Å². The quantitative estimate of drug-likeness (QED) is 0.383. The van der Waals surface area contributed by atoms with Crippen molar-refractivity contribution in [2.75, 3.05) is 18.4 Å². The van der Waals surface area contributed by atoms with Crippen LogP contribution in [0.3, 0.4) is 0 Å². The van der Waals surface area contributed by atoms with Crippen molar-refractivity contribution < 1.29 is 0 Å². The molecular weight excluding hydrogens is 338 g/mol. The predicted molar refractivity (Wildman–Crippen MR) is 116 cm³/mol. The first kappa shape index (κ1) is 18.8. The largest absolute Gasteiger partial charge is 0.365 e. The molecule has 0 radical (unpaired) electrons. The van der Waals surface area contributed by atoms with Crippen LogP contribution in [0, 0.1) is 0 Å². The number of benzene rings is 3. The summed E-state index contributed by atoms with van der Waals surface area (Å²) in [6, 6.07) is 25.3. The Hall–Kier alpha value is -2.01. The van der Waals surface area contributed by atoms with Crippen molar-refractivity contribution in [1.29, 1.82) is 0 Å². The SMILES string of the molecule is CCN(CC)C(S)NC(Nc1cccc2ccccc12)c1ccccc1. The van der Waals surface area contributed by atoms with Crippen LogP contribution in [0.5, 0.6) is 0 Å². The fourth-order valence-electron chi connectivity index (χ4n) is 3.20. The normalized spacial score (nSPS) is 13.7. The van der Waals surface area contributed by atoms with Gasteiger partial charge in [-0.3, -0.25) is 10.2 Å². The molecule has 0 aliphatic heterocycles. The third-order valence-electron chi connectivity index (χ3n) is 4.70. The summed E-state index contributed by atoms with van der Waals surface area (Å²) in [5.74, 6) is 0. The number of hydrogen-bond donors (Lipinski definition) is 3. The second-order valence-corrected chi connectivity index (χ2v) is 6.77. The van der Waals surface area contributed by atoms with Gasteiger partial charge in [0.1, 0.15) is 11.7 Å². The summed E-state index contributed by atoms with van der Waals surface area (Å²) in [5, 5.41) is 9.76. The van der Waals surface area contributed by atoms with Gasteiger partial charge in [0, 0.05) is 11.1 Å². The molecule has 136 valence electrons. The smallest absolute Gasteiger partial charge is 0.107 e. The van der Waals surface area contributed by atoms with Crippen LogP contribution in [0.2, 0.25) is 0 Å². The van der Waals surface area contributed by atoms with Crippen LogP contribution in [0.25, 0.3) is 10.8 Å². The van der Waals surface area contributed by atoms with Gasteiger partial charge in [0.15, 0.2) is 0 Å². The Morgan fingerprint density at radius 3 is 2.23 bits per heavy atom. The van der Waals surface area contributed by atoms with Gasteiger partial charge in [-0.1, -0.05) is 80.6 Å². The number of nitrogens with zero attached hydrogens (tertiary/aromatic N) is 1. The number of fused-ring (bicyclic) bond motifs is 1. The van der Waals surface area contributed by atoms with Gasteiger partial charge in [-0.25, -0.2) is 0 Å². The van der Waals surface area contributed by atoms with E-state index >= 15 is 0 Å². The Morgan fingerprint density at radius 1 is 0.846 bits per heavy atom. The molecule has 4 heteroatoms. The first-order valence-corrected chi connectivity index (χ1v) is 9.72. The maximum Gasteiger partial charge on any atom is 0.107 e. The number of anilines is 1. The van der Waals surface area contributed by atoms with Gasteiger partial charge < -0.3 is 5.32 Å². The Bertz CT molecular complexity index is 812. The molecule has 0 bridgehead atoms. The van der Waals surface area contributed by atoms with Crippen LogP contribution in [-0.4, -0.2) is 23.5 Å². The molecule has 0 amide bonds. The molecule has 2 atom stereocenters. The number of thiol groups is 1. The summed E-state index contributed by atoms with van der Waals surface area (Å²) in [4.78, 5) is 2.28. The highest BCUT2D eigenvalue weighted by atomic mass is 32.1. The minimum Gasteiger partial charge on any atom is -0.365 e. The first-order valence-electron chi connectivity index (χ1n) is 9.20. The van der Waals surface area contributed by atoms with E-state index in [1.807, 2.05) is 6.07 Å². The number of rotatable bonds is 8. The molecule has 0 saturated heterocycles. The lowest BCUT2D eigenvalue weighted by Crippen LogP contribution is -2.45. The van der Waals surface area contributed by atoms with Gasteiger partial charge in [-0.2, -0.15) is 0 Å². The van der Waals surface area contributed by atoms with E-state index in [9.17, 15) is 0 Å². The van der Waals surface area contributed by atoms with E-state index in [-0.39, 0.29) is 11.7 Å². The molecular formula is C22H27N3S. The minimum absolute atomic E-state index is 0.0299. The van der Waals surface area contributed by atoms with Gasteiger partial charge in [-0.05, 0) is 30.1 Å². The molecule has 0 aromatic heterocycles. The van der Waals surface area contributed by atoms with Crippen LogP contribution in [-0.2, 0) is 0 Å². The van der Waals surface area contributed by atoms with Gasteiger partial charge in [0.25, 0.3) is 0 Å². The zero-order valence-electron chi connectivity index (χ0n) is 15.4. The summed E-state index contributed by atoms with van der Waals surface area (Å²) >= 11 is 4.79. The van der Waals surface area contributed by atoms with Gasteiger partial charge in [0.2, 0.25) is 0 Å². The Labute approximate surface area is 161 Å².